The zero-order chi connectivity index (χ0) is 13.3. The predicted molar refractivity (Wildman–Crippen MR) is 69.8 cm³/mol. The van der Waals surface area contributed by atoms with Crippen LogP contribution in [0.25, 0.3) is 0 Å². The van der Waals surface area contributed by atoms with Gasteiger partial charge in [-0.1, -0.05) is 13.0 Å². The maximum Gasteiger partial charge on any atom is 0.149 e. The van der Waals surface area contributed by atoms with Crippen LogP contribution in [0, 0.1) is 17.6 Å². The van der Waals surface area contributed by atoms with Crippen molar-refractivity contribution in [1.29, 1.82) is 0 Å². The number of hydrogen-bond acceptors (Lipinski definition) is 2. The third kappa shape index (κ3) is 2.21. The molecule has 0 aromatic heterocycles. The van der Waals surface area contributed by atoms with Crippen LogP contribution in [0.1, 0.15) is 20.3 Å². The molecule has 1 heterocycles. The maximum atomic E-state index is 13.8. The van der Waals surface area contributed by atoms with Crippen molar-refractivity contribution in [3.63, 3.8) is 0 Å². The SMILES string of the molecule is CNC1CCN(c2c(F)cccc2F)C(C)C1C. The largest absolute Gasteiger partial charge is 0.364 e. The first kappa shape index (κ1) is 13.3. The van der Waals surface area contributed by atoms with Crippen LogP contribution < -0.4 is 10.2 Å². The van der Waals surface area contributed by atoms with Gasteiger partial charge < -0.3 is 10.2 Å². The summed E-state index contributed by atoms with van der Waals surface area (Å²) in [5, 5.41) is 3.27. The molecule has 3 unspecified atom stereocenters. The summed E-state index contributed by atoms with van der Waals surface area (Å²) < 4.78 is 27.6. The topological polar surface area (TPSA) is 15.3 Å². The molecule has 0 saturated carbocycles. The summed E-state index contributed by atoms with van der Waals surface area (Å²) in [5.74, 6) is -0.600. The minimum atomic E-state index is -0.475. The molecule has 0 bridgehead atoms. The van der Waals surface area contributed by atoms with E-state index in [1.165, 1.54) is 18.2 Å². The fraction of sp³-hybridized carbons (Fsp3) is 0.571. The summed E-state index contributed by atoms with van der Waals surface area (Å²) in [6.07, 6.45) is 0.899. The second-order valence-electron chi connectivity index (χ2n) is 5.05. The highest BCUT2D eigenvalue weighted by Crippen LogP contribution is 2.32. The van der Waals surface area contributed by atoms with Crippen LogP contribution in [-0.2, 0) is 0 Å². The monoisotopic (exact) mass is 254 g/mol. The van der Waals surface area contributed by atoms with E-state index in [4.69, 9.17) is 0 Å². The smallest absolute Gasteiger partial charge is 0.149 e. The van der Waals surface area contributed by atoms with E-state index in [1.54, 1.807) is 0 Å². The summed E-state index contributed by atoms with van der Waals surface area (Å²) >= 11 is 0. The Morgan fingerprint density at radius 3 is 2.39 bits per heavy atom. The Morgan fingerprint density at radius 1 is 1.22 bits per heavy atom. The quantitative estimate of drug-likeness (QED) is 0.873. The van der Waals surface area contributed by atoms with E-state index in [0.717, 1.165) is 6.42 Å². The molecule has 3 atom stereocenters. The van der Waals surface area contributed by atoms with Gasteiger partial charge in [0, 0.05) is 18.6 Å². The van der Waals surface area contributed by atoms with E-state index in [2.05, 4.69) is 12.2 Å². The molecule has 0 amide bonds. The van der Waals surface area contributed by atoms with Gasteiger partial charge in [0.25, 0.3) is 0 Å². The van der Waals surface area contributed by atoms with Gasteiger partial charge in [0.15, 0.2) is 0 Å². The minimum Gasteiger partial charge on any atom is -0.364 e. The summed E-state index contributed by atoms with van der Waals surface area (Å²) in [7, 11) is 1.94. The van der Waals surface area contributed by atoms with E-state index < -0.39 is 11.6 Å². The molecule has 18 heavy (non-hydrogen) atoms. The van der Waals surface area contributed by atoms with E-state index in [1.807, 2.05) is 18.9 Å². The number of rotatable bonds is 2. The van der Waals surface area contributed by atoms with Crippen LogP contribution in [-0.4, -0.2) is 25.7 Å². The number of nitrogens with zero attached hydrogens (tertiary/aromatic N) is 1. The molecule has 1 aromatic rings. The van der Waals surface area contributed by atoms with Gasteiger partial charge in [0.2, 0.25) is 0 Å². The molecule has 4 heteroatoms. The Morgan fingerprint density at radius 2 is 1.83 bits per heavy atom. The summed E-state index contributed by atoms with van der Waals surface area (Å²) in [4.78, 5) is 1.85. The second kappa shape index (κ2) is 5.22. The first-order valence-electron chi connectivity index (χ1n) is 6.44. The number of benzene rings is 1. The average molecular weight is 254 g/mol. The van der Waals surface area contributed by atoms with Crippen molar-refractivity contribution >= 4 is 5.69 Å². The van der Waals surface area contributed by atoms with Gasteiger partial charge in [-0.25, -0.2) is 8.78 Å². The standard InChI is InChI=1S/C14H20F2N2/c1-9-10(2)18(8-7-13(9)17-3)14-11(15)5-4-6-12(14)16/h4-6,9-10,13,17H,7-8H2,1-3H3. The molecule has 100 valence electrons. The first-order chi connectivity index (χ1) is 8.56. The lowest BCUT2D eigenvalue weighted by Crippen LogP contribution is -2.53. The lowest BCUT2D eigenvalue weighted by molar-refractivity contribution is 0.279. The minimum absolute atomic E-state index is 0.114. The molecule has 1 aliphatic rings. The Bertz CT molecular complexity index is 402. The highest BCUT2D eigenvalue weighted by atomic mass is 19.1. The van der Waals surface area contributed by atoms with Crippen molar-refractivity contribution in [3.8, 4) is 0 Å². The average Bonchev–Trinajstić information content (AvgIpc) is 2.34. The van der Waals surface area contributed by atoms with E-state index in [-0.39, 0.29) is 11.7 Å². The lowest BCUT2D eigenvalue weighted by Gasteiger charge is -2.44. The zero-order valence-corrected chi connectivity index (χ0v) is 11.1. The lowest BCUT2D eigenvalue weighted by atomic mass is 9.86. The Kier molecular flexibility index (Phi) is 3.85. The molecule has 1 saturated heterocycles. The van der Waals surface area contributed by atoms with Crippen LogP contribution in [0.4, 0.5) is 14.5 Å². The fourth-order valence-corrected chi connectivity index (χ4v) is 2.85. The number of hydrogen-bond donors (Lipinski definition) is 1. The number of nitrogens with one attached hydrogen (secondary N) is 1. The van der Waals surface area contributed by atoms with Gasteiger partial charge in [-0.3, -0.25) is 0 Å². The Hall–Kier alpha value is -1.16. The fourth-order valence-electron chi connectivity index (χ4n) is 2.85. The van der Waals surface area contributed by atoms with Gasteiger partial charge >= 0.3 is 0 Å². The number of para-hydroxylation sites is 1. The normalized spacial score (nSPS) is 28.5. The van der Waals surface area contributed by atoms with Crippen molar-refractivity contribution in [3.05, 3.63) is 29.8 Å². The molecule has 1 aromatic carbocycles. The molecule has 2 nitrogen and oxygen atoms in total. The Balaban J connectivity index is 2.29. The Labute approximate surface area is 107 Å². The highest BCUT2D eigenvalue weighted by molar-refractivity contribution is 5.50. The van der Waals surface area contributed by atoms with Crippen molar-refractivity contribution in [2.24, 2.45) is 5.92 Å². The molecule has 1 aliphatic heterocycles. The van der Waals surface area contributed by atoms with Gasteiger partial charge in [0.1, 0.15) is 17.3 Å². The van der Waals surface area contributed by atoms with Crippen molar-refractivity contribution in [1.82, 2.24) is 5.32 Å². The van der Waals surface area contributed by atoms with E-state index >= 15 is 0 Å². The van der Waals surface area contributed by atoms with E-state index in [9.17, 15) is 8.78 Å². The second-order valence-corrected chi connectivity index (χ2v) is 5.05. The van der Waals surface area contributed by atoms with Crippen LogP contribution in [0.3, 0.4) is 0 Å². The van der Waals surface area contributed by atoms with Crippen LogP contribution >= 0.6 is 0 Å². The summed E-state index contributed by atoms with van der Waals surface area (Å²) in [6, 6.07) is 4.57. The van der Waals surface area contributed by atoms with Gasteiger partial charge in [-0.05, 0) is 38.4 Å². The van der Waals surface area contributed by atoms with Crippen LogP contribution in [0.5, 0.6) is 0 Å². The number of anilines is 1. The third-order valence-corrected chi connectivity index (χ3v) is 4.16. The first-order valence-corrected chi connectivity index (χ1v) is 6.44. The van der Waals surface area contributed by atoms with Crippen molar-refractivity contribution in [2.75, 3.05) is 18.5 Å². The predicted octanol–water partition coefficient (Wildman–Crippen LogP) is 2.79. The third-order valence-electron chi connectivity index (χ3n) is 4.16. The molecule has 1 fully saturated rings. The van der Waals surface area contributed by atoms with Crippen molar-refractivity contribution < 1.29 is 8.78 Å². The summed E-state index contributed by atoms with van der Waals surface area (Å²) in [5.41, 5.74) is 0.117. The van der Waals surface area contributed by atoms with Gasteiger partial charge in [-0.15, -0.1) is 0 Å². The molecular weight excluding hydrogens is 234 g/mol. The molecule has 0 aliphatic carbocycles. The molecular formula is C14H20F2N2. The highest BCUT2D eigenvalue weighted by Gasteiger charge is 2.33. The molecule has 1 N–H and O–H groups in total. The molecule has 2 rings (SSSR count). The van der Waals surface area contributed by atoms with Crippen LogP contribution in [0.2, 0.25) is 0 Å². The summed E-state index contributed by atoms with van der Waals surface area (Å²) in [6.45, 7) is 4.83. The van der Waals surface area contributed by atoms with Crippen molar-refractivity contribution in [2.45, 2.75) is 32.4 Å². The molecule has 0 radical (unpaired) electrons. The maximum absolute atomic E-state index is 13.8. The van der Waals surface area contributed by atoms with Crippen LogP contribution in [0.15, 0.2) is 18.2 Å². The number of halogens is 2. The van der Waals surface area contributed by atoms with Gasteiger partial charge in [-0.2, -0.15) is 0 Å². The van der Waals surface area contributed by atoms with Gasteiger partial charge in [0.05, 0.1) is 0 Å². The van der Waals surface area contributed by atoms with E-state index in [0.29, 0.717) is 18.5 Å². The zero-order valence-electron chi connectivity index (χ0n) is 11.1. The number of piperidine rings is 1. The molecule has 0 spiro atoms.